The lowest BCUT2D eigenvalue weighted by molar-refractivity contribution is -0.121. The maximum absolute atomic E-state index is 13.5. The van der Waals surface area contributed by atoms with Crippen molar-refractivity contribution in [3.8, 4) is 0 Å². The zero-order chi connectivity index (χ0) is 20.7. The Morgan fingerprint density at radius 1 is 1.03 bits per heavy atom. The minimum absolute atomic E-state index is 0.0157. The van der Waals surface area contributed by atoms with E-state index in [0.29, 0.717) is 23.8 Å². The minimum Gasteiger partial charge on any atom is -0.360 e. The van der Waals surface area contributed by atoms with Gasteiger partial charge in [0, 0.05) is 46.8 Å². The largest absolute Gasteiger partial charge is 0.360 e. The number of aryl methyl sites for hydroxylation is 1. The number of carbonyl (C=O) groups excluding carboxylic acids is 1. The molecule has 1 unspecified atom stereocenters. The molecule has 0 radical (unpaired) electrons. The van der Waals surface area contributed by atoms with Gasteiger partial charge in [-0.15, -0.1) is 0 Å². The zero-order valence-electron chi connectivity index (χ0n) is 17.1. The van der Waals surface area contributed by atoms with Crippen molar-refractivity contribution in [2.45, 2.75) is 44.9 Å². The molecule has 1 aliphatic carbocycles. The molecule has 4 aromatic rings. The van der Waals surface area contributed by atoms with Crippen LogP contribution in [0, 0.1) is 6.92 Å². The van der Waals surface area contributed by atoms with Gasteiger partial charge in [-0.1, -0.05) is 36.8 Å². The number of hydrogen-bond donors (Lipinski definition) is 1. The monoisotopic (exact) mass is 396 g/mol. The van der Waals surface area contributed by atoms with Gasteiger partial charge in [-0.05, 0) is 54.8 Å². The summed E-state index contributed by atoms with van der Waals surface area (Å²) < 4.78 is 0. The predicted octanol–water partition coefficient (Wildman–Crippen LogP) is 5.20. The van der Waals surface area contributed by atoms with Crippen molar-refractivity contribution in [3.63, 3.8) is 0 Å². The summed E-state index contributed by atoms with van der Waals surface area (Å²) in [6.07, 6.45) is 7.64. The molecule has 1 atom stereocenters. The number of fused-ring (bicyclic) bond motifs is 3. The minimum atomic E-state index is -0.275. The van der Waals surface area contributed by atoms with Crippen molar-refractivity contribution < 1.29 is 4.79 Å². The van der Waals surface area contributed by atoms with Crippen molar-refractivity contribution in [1.82, 2.24) is 9.97 Å². The van der Waals surface area contributed by atoms with E-state index >= 15 is 0 Å². The van der Waals surface area contributed by atoms with Gasteiger partial charge < -0.3 is 4.98 Å². The highest BCUT2D eigenvalue weighted by Gasteiger charge is 2.27. The number of ketones is 1. The Balaban J connectivity index is 1.71. The maximum Gasteiger partial charge on any atom is 0.193 e. The smallest absolute Gasteiger partial charge is 0.193 e. The molecule has 1 fully saturated rings. The van der Waals surface area contributed by atoms with Crippen molar-refractivity contribution in [1.29, 1.82) is 0 Å². The van der Waals surface area contributed by atoms with Gasteiger partial charge in [0.05, 0.1) is 5.52 Å². The van der Waals surface area contributed by atoms with Crippen LogP contribution in [-0.4, -0.2) is 15.8 Å². The van der Waals surface area contributed by atoms with Gasteiger partial charge in [0.15, 0.2) is 5.43 Å². The Bertz CT molecular complexity index is 1320. The number of aromatic nitrogens is 2. The Labute approximate surface area is 175 Å². The van der Waals surface area contributed by atoms with Crippen molar-refractivity contribution >= 4 is 27.5 Å². The van der Waals surface area contributed by atoms with E-state index in [2.05, 4.69) is 28.2 Å². The van der Waals surface area contributed by atoms with E-state index in [4.69, 9.17) is 0 Å². The van der Waals surface area contributed by atoms with E-state index in [9.17, 15) is 9.59 Å². The number of pyridine rings is 2. The summed E-state index contributed by atoms with van der Waals surface area (Å²) in [5.41, 5.74) is 4.64. The highest BCUT2D eigenvalue weighted by Crippen LogP contribution is 2.31. The molecule has 1 saturated carbocycles. The molecule has 1 aliphatic rings. The van der Waals surface area contributed by atoms with Gasteiger partial charge in [-0.25, -0.2) is 0 Å². The van der Waals surface area contributed by atoms with Crippen LogP contribution in [0.1, 0.15) is 54.0 Å². The van der Waals surface area contributed by atoms with Crippen LogP contribution in [0.2, 0.25) is 0 Å². The molecule has 30 heavy (non-hydrogen) atoms. The average molecular weight is 396 g/mol. The summed E-state index contributed by atoms with van der Waals surface area (Å²) in [4.78, 5) is 33.7. The van der Waals surface area contributed by atoms with Crippen molar-refractivity contribution in [3.05, 3.63) is 87.5 Å². The normalized spacial score (nSPS) is 17.0. The second-order valence-corrected chi connectivity index (χ2v) is 8.33. The first kappa shape index (κ1) is 18.7. The molecule has 4 nitrogen and oxygen atoms in total. The summed E-state index contributed by atoms with van der Waals surface area (Å²) in [5.74, 6) is -0.0824. The SMILES string of the molecule is Cc1ccc(Cc2cc3c(=O)c(C4CCCCC4=O)c[nH]c3c3ccccc23)cn1. The predicted molar refractivity (Wildman–Crippen MR) is 120 cm³/mol. The topological polar surface area (TPSA) is 62.8 Å². The molecule has 0 spiro atoms. The van der Waals surface area contributed by atoms with Crippen LogP contribution in [0.5, 0.6) is 0 Å². The fourth-order valence-electron chi connectivity index (χ4n) is 4.70. The molecule has 0 saturated heterocycles. The van der Waals surface area contributed by atoms with Crippen LogP contribution >= 0.6 is 0 Å². The van der Waals surface area contributed by atoms with Crippen molar-refractivity contribution in [2.24, 2.45) is 0 Å². The van der Waals surface area contributed by atoms with E-state index < -0.39 is 0 Å². The second kappa shape index (κ2) is 7.52. The van der Waals surface area contributed by atoms with Crippen molar-refractivity contribution in [2.75, 3.05) is 0 Å². The molecule has 150 valence electrons. The van der Waals surface area contributed by atoms with E-state index in [1.807, 2.05) is 37.4 Å². The number of carbonyl (C=O) groups is 1. The summed E-state index contributed by atoms with van der Waals surface area (Å²) >= 11 is 0. The average Bonchev–Trinajstić information content (AvgIpc) is 2.77. The molecule has 2 aromatic heterocycles. The number of Topliss-reactive ketones (excluding diaryl/α,β-unsaturated/α-hetero) is 1. The van der Waals surface area contributed by atoms with Gasteiger partial charge in [0.2, 0.25) is 0 Å². The third kappa shape index (κ3) is 3.22. The summed E-state index contributed by atoms with van der Waals surface area (Å²) in [5, 5.41) is 2.83. The molecule has 2 heterocycles. The van der Waals surface area contributed by atoms with Gasteiger partial charge in [-0.3, -0.25) is 14.6 Å². The van der Waals surface area contributed by atoms with Crippen LogP contribution in [0.4, 0.5) is 0 Å². The molecule has 1 N–H and O–H groups in total. The first-order valence-corrected chi connectivity index (χ1v) is 10.6. The van der Waals surface area contributed by atoms with E-state index in [0.717, 1.165) is 52.4 Å². The first-order chi connectivity index (χ1) is 14.6. The Hall–Kier alpha value is -3.27. The number of hydrogen-bond acceptors (Lipinski definition) is 3. The number of nitrogens with one attached hydrogen (secondary N) is 1. The zero-order valence-corrected chi connectivity index (χ0v) is 17.1. The Morgan fingerprint density at radius 2 is 1.87 bits per heavy atom. The van der Waals surface area contributed by atoms with E-state index in [-0.39, 0.29) is 17.1 Å². The van der Waals surface area contributed by atoms with Crippen LogP contribution in [0.25, 0.3) is 21.7 Å². The highest BCUT2D eigenvalue weighted by atomic mass is 16.1. The fourth-order valence-corrected chi connectivity index (χ4v) is 4.70. The lowest BCUT2D eigenvalue weighted by Gasteiger charge is -2.20. The number of rotatable bonds is 3. The van der Waals surface area contributed by atoms with Crippen LogP contribution in [0.15, 0.2) is 59.7 Å². The summed E-state index contributed by atoms with van der Waals surface area (Å²) in [6.45, 7) is 1.98. The number of benzene rings is 2. The third-order valence-electron chi connectivity index (χ3n) is 6.31. The molecular weight excluding hydrogens is 372 g/mol. The van der Waals surface area contributed by atoms with Gasteiger partial charge in [0.25, 0.3) is 0 Å². The van der Waals surface area contributed by atoms with Crippen LogP contribution in [0.3, 0.4) is 0 Å². The Kier molecular flexibility index (Phi) is 4.70. The van der Waals surface area contributed by atoms with E-state index in [1.54, 1.807) is 6.20 Å². The number of aromatic amines is 1. The lowest BCUT2D eigenvalue weighted by atomic mass is 9.83. The van der Waals surface area contributed by atoms with Gasteiger partial charge in [-0.2, -0.15) is 0 Å². The standard InChI is InChI=1S/C26H24N2O2/c1-16-10-11-17(14-27-16)12-18-13-22-25(21-8-3-2-6-19(18)21)28-15-23(26(22)30)20-7-4-5-9-24(20)29/h2-3,6,8,10-11,13-15,20H,4-5,7,9,12H2,1H3,(H,28,30). The first-order valence-electron chi connectivity index (χ1n) is 10.6. The summed E-state index contributed by atoms with van der Waals surface area (Å²) in [7, 11) is 0. The molecule has 5 rings (SSSR count). The molecule has 4 heteroatoms. The maximum atomic E-state index is 13.5. The fraction of sp³-hybridized carbons (Fsp3) is 0.269. The molecule has 0 amide bonds. The molecule has 0 bridgehead atoms. The molecule has 2 aromatic carbocycles. The second-order valence-electron chi connectivity index (χ2n) is 8.33. The number of H-pyrrole nitrogens is 1. The Morgan fingerprint density at radius 3 is 2.63 bits per heavy atom. The highest BCUT2D eigenvalue weighted by molar-refractivity contribution is 6.07. The van der Waals surface area contributed by atoms with Crippen LogP contribution < -0.4 is 5.43 Å². The summed E-state index contributed by atoms with van der Waals surface area (Å²) in [6, 6.07) is 14.3. The van der Waals surface area contributed by atoms with Gasteiger partial charge >= 0.3 is 0 Å². The molecule has 0 aliphatic heterocycles. The van der Waals surface area contributed by atoms with E-state index in [1.165, 1.54) is 0 Å². The molecular formula is C26H24N2O2. The number of nitrogens with zero attached hydrogens (tertiary/aromatic N) is 1. The van der Waals surface area contributed by atoms with Gasteiger partial charge in [0.1, 0.15) is 5.78 Å². The van der Waals surface area contributed by atoms with Crippen LogP contribution in [-0.2, 0) is 11.2 Å². The third-order valence-corrected chi connectivity index (χ3v) is 6.31. The quantitative estimate of drug-likeness (QED) is 0.484. The lowest BCUT2D eigenvalue weighted by Crippen LogP contribution is -2.23.